The lowest BCUT2D eigenvalue weighted by atomic mass is 10.1. The van der Waals surface area contributed by atoms with Crippen LogP contribution in [0.15, 0.2) is 41.2 Å². The van der Waals surface area contributed by atoms with Gasteiger partial charge in [0, 0.05) is 6.07 Å². The summed E-state index contributed by atoms with van der Waals surface area (Å²) >= 11 is 0. The molecule has 0 atom stereocenters. The van der Waals surface area contributed by atoms with Crippen LogP contribution < -0.4 is 11.3 Å². The monoisotopic (exact) mass is 258 g/mol. The van der Waals surface area contributed by atoms with Crippen LogP contribution in [0.3, 0.4) is 0 Å². The Hall–Kier alpha value is -2.56. The Bertz CT molecular complexity index is 675. The first-order chi connectivity index (χ1) is 9.00. The number of benzene rings is 1. The summed E-state index contributed by atoms with van der Waals surface area (Å²) in [7, 11) is 0. The number of nitrogens with two attached hydrogens (primary N) is 1. The van der Waals surface area contributed by atoms with Crippen LogP contribution in [0.25, 0.3) is 0 Å². The number of amides is 1. The SMILES string of the molecule is Cc1cc(O)n(Cc2ccccc2)c(=O)c1C(N)=O. The molecule has 5 heteroatoms. The lowest BCUT2D eigenvalue weighted by molar-refractivity contribution is 0.0997. The molecule has 0 radical (unpaired) electrons. The third-order valence-electron chi connectivity index (χ3n) is 2.91. The molecule has 1 heterocycles. The Morgan fingerprint density at radius 1 is 1.32 bits per heavy atom. The van der Waals surface area contributed by atoms with E-state index < -0.39 is 11.5 Å². The Balaban J connectivity index is 2.55. The van der Waals surface area contributed by atoms with Crippen molar-refractivity contribution in [2.24, 2.45) is 5.73 Å². The van der Waals surface area contributed by atoms with Gasteiger partial charge in [-0.3, -0.25) is 14.2 Å². The van der Waals surface area contributed by atoms with Crippen molar-refractivity contribution in [1.29, 1.82) is 0 Å². The average Bonchev–Trinajstić information content (AvgIpc) is 2.35. The van der Waals surface area contributed by atoms with Gasteiger partial charge in [0.25, 0.3) is 11.5 Å². The van der Waals surface area contributed by atoms with E-state index in [1.807, 2.05) is 30.3 Å². The van der Waals surface area contributed by atoms with Crippen molar-refractivity contribution in [3.8, 4) is 5.88 Å². The van der Waals surface area contributed by atoms with Crippen LogP contribution >= 0.6 is 0 Å². The normalized spacial score (nSPS) is 10.4. The van der Waals surface area contributed by atoms with Gasteiger partial charge in [-0.25, -0.2) is 0 Å². The fraction of sp³-hybridized carbons (Fsp3) is 0.143. The molecule has 1 aromatic carbocycles. The molecule has 2 rings (SSSR count). The zero-order valence-corrected chi connectivity index (χ0v) is 10.5. The van der Waals surface area contributed by atoms with Gasteiger partial charge in [-0.2, -0.15) is 0 Å². The number of aromatic nitrogens is 1. The van der Waals surface area contributed by atoms with E-state index in [1.54, 1.807) is 6.92 Å². The number of rotatable bonds is 3. The van der Waals surface area contributed by atoms with Crippen molar-refractivity contribution in [2.45, 2.75) is 13.5 Å². The molecule has 2 aromatic rings. The van der Waals surface area contributed by atoms with Gasteiger partial charge in [-0.05, 0) is 18.1 Å². The van der Waals surface area contributed by atoms with E-state index in [9.17, 15) is 14.7 Å². The molecule has 0 spiro atoms. The number of pyridine rings is 1. The first-order valence-electron chi connectivity index (χ1n) is 5.78. The van der Waals surface area contributed by atoms with E-state index >= 15 is 0 Å². The first kappa shape index (κ1) is 12.9. The lowest BCUT2D eigenvalue weighted by Gasteiger charge is -2.11. The van der Waals surface area contributed by atoms with E-state index in [-0.39, 0.29) is 18.0 Å². The molecule has 0 aliphatic carbocycles. The summed E-state index contributed by atoms with van der Waals surface area (Å²) in [5.74, 6) is -0.972. The predicted molar refractivity (Wildman–Crippen MR) is 71.2 cm³/mol. The van der Waals surface area contributed by atoms with E-state index in [1.165, 1.54) is 6.07 Å². The third-order valence-corrected chi connectivity index (χ3v) is 2.91. The molecule has 3 N–H and O–H groups in total. The van der Waals surface area contributed by atoms with E-state index in [4.69, 9.17) is 5.73 Å². The van der Waals surface area contributed by atoms with Gasteiger partial charge in [-0.1, -0.05) is 30.3 Å². The van der Waals surface area contributed by atoms with Crippen LogP contribution in [0.1, 0.15) is 21.5 Å². The minimum absolute atomic E-state index is 0.0891. The first-order valence-corrected chi connectivity index (χ1v) is 5.78. The highest BCUT2D eigenvalue weighted by molar-refractivity contribution is 5.93. The second kappa shape index (κ2) is 4.97. The molecule has 0 bridgehead atoms. The molecule has 0 saturated heterocycles. The van der Waals surface area contributed by atoms with Gasteiger partial charge in [0.05, 0.1) is 6.54 Å². The average molecular weight is 258 g/mol. The zero-order chi connectivity index (χ0) is 14.0. The summed E-state index contributed by atoms with van der Waals surface area (Å²) in [5, 5.41) is 9.85. The number of aryl methyl sites for hydroxylation is 1. The molecule has 0 saturated carbocycles. The summed E-state index contributed by atoms with van der Waals surface area (Å²) in [6, 6.07) is 10.5. The number of hydrogen-bond donors (Lipinski definition) is 2. The topological polar surface area (TPSA) is 85.3 Å². The largest absolute Gasteiger partial charge is 0.494 e. The van der Waals surface area contributed by atoms with Crippen LogP contribution in [0.2, 0.25) is 0 Å². The molecule has 0 aliphatic rings. The van der Waals surface area contributed by atoms with Crippen molar-refractivity contribution >= 4 is 5.91 Å². The molecular formula is C14H14N2O3. The summed E-state index contributed by atoms with van der Waals surface area (Å²) < 4.78 is 1.13. The quantitative estimate of drug-likeness (QED) is 0.861. The minimum atomic E-state index is -0.788. The van der Waals surface area contributed by atoms with Crippen LogP contribution in [-0.2, 0) is 6.54 Å². The van der Waals surface area contributed by atoms with Gasteiger partial charge in [0.1, 0.15) is 5.56 Å². The Labute approximate surface area is 109 Å². The summed E-state index contributed by atoms with van der Waals surface area (Å²) in [6.07, 6.45) is 0. The molecule has 0 fully saturated rings. The van der Waals surface area contributed by atoms with Crippen LogP contribution in [0, 0.1) is 6.92 Å². The number of aromatic hydroxyl groups is 1. The highest BCUT2D eigenvalue weighted by atomic mass is 16.3. The fourth-order valence-corrected chi connectivity index (χ4v) is 1.97. The number of carbonyl (C=O) groups excluding carboxylic acids is 1. The van der Waals surface area contributed by atoms with Crippen molar-refractivity contribution in [2.75, 3.05) is 0 Å². The van der Waals surface area contributed by atoms with Gasteiger partial charge >= 0.3 is 0 Å². The number of hydrogen-bond acceptors (Lipinski definition) is 3. The lowest BCUT2D eigenvalue weighted by Crippen LogP contribution is -2.31. The van der Waals surface area contributed by atoms with Crippen molar-refractivity contribution in [3.63, 3.8) is 0 Å². The third kappa shape index (κ3) is 2.49. The van der Waals surface area contributed by atoms with Gasteiger partial charge in [-0.15, -0.1) is 0 Å². The van der Waals surface area contributed by atoms with Crippen molar-refractivity contribution < 1.29 is 9.90 Å². The van der Waals surface area contributed by atoms with E-state index in [0.717, 1.165) is 10.1 Å². The maximum Gasteiger partial charge on any atom is 0.266 e. The molecule has 0 unspecified atom stereocenters. The van der Waals surface area contributed by atoms with Crippen LogP contribution in [0.4, 0.5) is 0 Å². The maximum atomic E-state index is 12.2. The fourth-order valence-electron chi connectivity index (χ4n) is 1.97. The maximum absolute atomic E-state index is 12.2. The zero-order valence-electron chi connectivity index (χ0n) is 10.5. The van der Waals surface area contributed by atoms with Gasteiger partial charge in [0.2, 0.25) is 0 Å². The Morgan fingerprint density at radius 3 is 2.53 bits per heavy atom. The molecular weight excluding hydrogens is 244 g/mol. The highest BCUT2D eigenvalue weighted by Crippen LogP contribution is 2.14. The van der Waals surface area contributed by atoms with Gasteiger partial charge < -0.3 is 10.8 Å². The number of primary amides is 1. The summed E-state index contributed by atoms with van der Waals surface area (Å²) in [6.45, 7) is 1.75. The van der Waals surface area contributed by atoms with Crippen LogP contribution in [-0.4, -0.2) is 15.6 Å². The predicted octanol–water partition coefficient (Wildman–Crippen LogP) is 1.01. The molecule has 0 aliphatic heterocycles. The Morgan fingerprint density at radius 2 is 1.95 bits per heavy atom. The molecule has 1 amide bonds. The molecule has 5 nitrogen and oxygen atoms in total. The van der Waals surface area contributed by atoms with E-state index in [2.05, 4.69) is 0 Å². The van der Waals surface area contributed by atoms with Crippen molar-refractivity contribution in [3.05, 3.63) is 63.4 Å². The Kier molecular flexibility index (Phi) is 3.37. The summed E-state index contributed by atoms with van der Waals surface area (Å²) in [4.78, 5) is 23.4. The number of carbonyl (C=O) groups is 1. The molecule has 1 aromatic heterocycles. The number of nitrogens with zero attached hydrogens (tertiary/aromatic N) is 1. The highest BCUT2D eigenvalue weighted by Gasteiger charge is 2.16. The second-order valence-corrected chi connectivity index (χ2v) is 4.30. The smallest absolute Gasteiger partial charge is 0.266 e. The standard InChI is InChI=1S/C14H14N2O3/c1-9-7-11(17)16(14(19)12(9)13(15)18)8-10-5-3-2-4-6-10/h2-7,17H,8H2,1H3,(H2,15,18). The summed E-state index contributed by atoms with van der Waals surface area (Å²) in [5.41, 5.74) is 5.75. The van der Waals surface area contributed by atoms with Crippen molar-refractivity contribution in [1.82, 2.24) is 4.57 Å². The van der Waals surface area contributed by atoms with Crippen LogP contribution in [0.5, 0.6) is 5.88 Å². The van der Waals surface area contributed by atoms with Gasteiger partial charge in [0.15, 0.2) is 5.88 Å². The minimum Gasteiger partial charge on any atom is -0.494 e. The second-order valence-electron chi connectivity index (χ2n) is 4.30. The molecule has 98 valence electrons. The van der Waals surface area contributed by atoms with E-state index in [0.29, 0.717) is 5.56 Å². The molecule has 19 heavy (non-hydrogen) atoms.